The third kappa shape index (κ3) is 3.20. The van der Waals surface area contributed by atoms with Gasteiger partial charge in [0.05, 0.1) is 0 Å². The molecule has 1 aromatic carbocycles. The molecule has 16 heavy (non-hydrogen) atoms. The van der Waals surface area contributed by atoms with Crippen molar-refractivity contribution in [2.24, 2.45) is 0 Å². The van der Waals surface area contributed by atoms with Gasteiger partial charge in [-0.3, -0.25) is 4.79 Å². The molecule has 0 aliphatic rings. The zero-order valence-electron chi connectivity index (χ0n) is 9.82. The third-order valence-corrected chi connectivity index (χ3v) is 2.14. The molecule has 2 heteroatoms. The lowest BCUT2D eigenvalue weighted by Crippen LogP contribution is -2.32. The fourth-order valence-electron chi connectivity index (χ4n) is 1.23. The molecule has 0 aromatic heterocycles. The normalized spacial score (nSPS) is 13.5. The van der Waals surface area contributed by atoms with Crippen molar-refractivity contribution in [1.29, 1.82) is 0 Å². The van der Waals surface area contributed by atoms with Crippen LogP contribution in [-0.2, 0) is 0 Å². The van der Waals surface area contributed by atoms with Crippen LogP contribution in [0, 0.1) is 0 Å². The number of ketones is 1. The molecule has 1 N–H and O–H groups in total. The SMILES string of the molecule is CC(C)=C=CC(C)(O)C(=O)c1ccccc1. The first kappa shape index (κ1) is 12.4. The summed E-state index contributed by atoms with van der Waals surface area (Å²) in [7, 11) is 0. The van der Waals surface area contributed by atoms with Crippen LogP contribution in [-0.4, -0.2) is 16.5 Å². The van der Waals surface area contributed by atoms with Crippen molar-refractivity contribution in [1.82, 2.24) is 0 Å². The van der Waals surface area contributed by atoms with Crippen LogP contribution in [0.1, 0.15) is 31.1 Å². The summed E-state index contributed by atoms with van der Waals surface area (Å²) in [6.07, 6.45) is 1.40. The van der Waals surface area contributed by atoms with Gasteiger partial charge in [-0.15, -0.1) is 5.73 Å². The highest BCUT2D eigenvalue weighted by Gasteiger charge is 2.27. The van der Waals surface area contributed by atoms with Gasteiger partial charge in [0.25, 0.3) is 0 Å². The molecule has 0 aliphatic heterocycles. The Labute approximate surface area is 95.9 Å². The fraction of sp³-hybridized carbons (Fsp3) is 0.286. The lowest BCUT2D eigenvalue weighted by atomic mass is 9.94. The molecule has 1 atom stereocenters. The van der Waals surface area contributed by atoms with Gasteiger partial charge in [-0.25, -0.2) is 0 Å². The quantitative estimate of drug-likeness (QED) is 0.623. The molecule has 0 heterocycles. The standard InChI is InChI=1S/C14H16O2/c1-11(2)9-10-14(3,16)13(15)12-7-5-4-6-8-12/h4-8,10,16H,1-3H3. The molecule has 0 bridgehead atoms. The molecule has 0 spiro atoms. The fourth-order valence-corrected chi connectivity index (χ4v) is 1.23. The van der Waals surface area contributed by atoms with E-state index in [9.17, 15) is 9.90 Å². The number of hydrogen-bond donors (Lipinski definition) is 1. The molecule has 0 radical (unpaired) electrons. The van der Waals surface area contributed by atoms with Gasteiger partial charge in [-0.1, -0.05) is 30.3 Å². The first-order valence-electron chi connectivity index (χ1n) is 5.17. The van der Waals surface area contributed by atoms with E-state index in [0.717, 1.165) is 5.57 Å². The minimum atomic E-state index is -1.50. The molecule has 0 saturated heterocycles. The van der Waals surface area contributed by atoms with E-state index < -0.39 is 5.60 Å². The Morgan fingerprint density at radius 1 is 1.31 bits per heavy atom. The zero-order valence-corrected chi connectivity index (χ0v) is 9.82. The number of hydrogen-bond acceptors (Lipinski definition) is 2. The highest BCUT2D eigenvalue weighted by Crippen LogP contribution is 2.14. The van der Waals surface area contributed by atoms with E-state index in [0.29, 0.717) is 5.56 Å². The molecule has 1 aromatic rings. The summed E-state index contributed by atoms with van der Waals surface area (Å²) in [6.45, 7) is 5.19. The van der Waals surface area contributed by atoms with Crippen molar-refractivity contribution in [3.63, 3.8) is 0 Å². The van der Waals surface area contributed by atoms with Gasteiger partial charge < -0.3 is 5.11 Å². The minimum Gasteiger partial charge on any atom is -0.377 e. The third-order valence-electron chi connectivity index (χ3n) is 2.14. The average Bonchev–Trinajstić information content (AvgIpc) is 2.27. The van der Waals surface area contributed by atoms with E-state index in [1.807, 2.05) is 19.9 Å². The van der Waals surface area contributed by atoms with E-state index >= 15 is 0 Å². The molecule has 2 nitrogen and oxygen atoms in total. The highest BCUT2D eigenvalue weighted by atomic mass is 16.3. The van der Waals surface area contributed by atoms with Crippen molar-refractivity contribution in [2.45, 2.75) is 26.4 Å². The summed E-state index contributed by atoms with van der Waals surface area (Å²) in [5, 5.41) is 10.0. The second-order valence-electron chi connectivity index (χ2n) is 4.13. The maximum Gasteiger partial charge on any atom is 0.198 e. The Morgan fingerprint density at radius 3 is 2.38 bits per heavy atom. The molecule has 84 valence electrons. The Balaban J connectivity index is 3.02. The predicted octanol–water partition coefficient (Wildman–Crippen LogP) is 2.74. The molecule has 0 saturated carbocycles. The van der Waals surface area contributed by atoms with E-state index in [4.69, 9.17) is 0 Å². The van der Waals surface area contributed by atoms with Crippen LogP contribution in [0.4, 0.5) is 0 Å². The summed E-state index contributed by atoms with van der Waals surface area (Å²) in [5.41, 5.74) is 2.77. The maximum atomic E-state index is 11.9. The smallest absolute Gasteiger partial charge is 0.198 e. The minimum absolute atomic E-state index is 0.318. The molecular weight excluding hydrogens is 200 g/mol. The summed E-state index contributed by atoms with van der Waals surface area (Å²) < 4.78 is 0. The summed E-state index contributed by atoms with van der Waals surface area (Å²) >= 11 is 0. The number of aliphatic hydroxyl groups is 1. The first-order valence-corrected chi connectivity index (χ1v) is 5.17. The van der Waals surface area contributed by atoms with E-state index in [-0.39, 0.29) is 5.78 Å². The van der Waals surface area contributed by atoms with Crippen LogP contribution in [0.3, 0.4) is 0 Å². The van der Waals surface area contributed by atoms with Crippen LogP contribution in [0.2, 0.25) is 0 Å². The largest absolute Gasteiger partial charge is 0.377 e. The average molecular weight is 216 g/mol. The summed E-state index contributed by atoms with van der Waals surface area (Å²) in [5.74, 6) is -0.318. The summed E-state index contributed by atoms with van der Waals surface area (Å²) in [4.78, 5) is 11.9. The van der Waals surface area contributed by atoms with Gasteiger partial charge in [0.1, 0.15) is 5.60 Å². The monoisotopic (exact) mass is 216 g/mol. The molecule has 1 rings (SSSR count). The second-order valence-corrected chi connectivity index (χ2v) is 4.13. The van der Waals surface area contributed by atoms with Gasteiger partial charge in [0.2, 0.25) is 0 Å². The van der Waals surface area contributed by atoms with Crippen molar-refractivity contribution >= 4 is 5.78 Å². The Kier molecular flexibility index (Phi) is 3.83. The molecule has 1 unspecified atom stereocenters. The topological polar surface area (TPSA) is 37.3 Å². The Bertz CT molecular complexity index is 431. The summed E-state index contributed by atoms with van der Waals surface area (Å²) in [6, 6.07) is 8.75. The Hall–Kier alpha value is -1.63. The first-order chi connectivity index (χ1) is 7.43. The highest BCUT2D eigenvalue weighted by molar-refractivity contribution is 6.03. The number of benzene rings is 1. The lowest BCUT2D eigenvalue weighted by molar-refractivity contribution is 0.0592. The van der Waals surface area contributed by atoms with Gasteiger partial charge >= 0.3 is 0 Å². The van der Waals surface area contributed by atoms with E-state index in [1.165, 1.54) is 13.0 Å². The van der Waals surface area contributed by atoms with Gasteiger partial charge in [0.15, 0.2) is 5.78 Å². The van der Waals surface area contributed by atoms with Crippen molar-refractivity contribution in [3.05, 3.63) is 53.3 Å². The molecule has 0 fully saturated rings. The number of carbonyl (C=O) groups is 1. The Morgan fingerprint density at radius 2 is 1.88 bits per heavy atom. The van der Waals surface area contributed by atoms with Gasteiger partial charge in [-0.05, 0) is 32.4 Å². The van der Waals surface area contributed by atoms with Gasteiger partial charge in [0, 0.05) is 5.56 Å². The second kappa shape index (κ2) is 4.93. The number of carbonyl (C=O) groups excluding carboxylic acids is 1. The molecule has 0 amide bonds. The van der Waals surface area contributed by atoms with Crippen LogP contribution in [0.5, 0.6) is 0 Å². The van der Waals surface area contributed by atoms with Crippen LogP contribution in [0.15, 0.2) is 47.7 Å². The maximum absolute atomic E-state index is 11.9. The van der Waals surface area contributed by atoms with Crippen LogP contribution < -0.4 is 0 Å². The number of Topliss-reactive ketones (excluding diaryl/α,β-unsaturated/α-hetero) is 1. The van der Waals surface area contributed by atoms with Gasteiger partial charge in [-0.2, -0.15) is 0 Å². The van der Waals surface area contributed by atoms with Crippen LogP contribution in [0.25, 0.3) is 0 Å². The van der Waals surface area contributed by atoms with Crippen molar-refractivity contribution in [2.75, 3.05) is 0 Å². The van der Waals surface area contributed by atoms with Crippen molar-refractivity contribution < 1.29 is 9.90 Å². The molecule has 0 aliphatic carbocycles. The van der Waals surface area contributed by atoms with E-state index in [2.05, 4.69) is 5.73 Å². The van der Waals surface area contributed by atoms with Crippen LogP contribution >= 0.6 is 0 Å². The van der Waals surface area contributed by atoms with E-state index in [1.54, 1.807) is 24.3 Å². The molecular formula is C14H16O2. The lowest BCUT2D eigenvalue weighted by Gasteiger charge is -2.16. The zero-order chi connectivity index (χ0) is 12.2. The van der Waals surface area contributed by atoms with Crippen molar-refractivity contribution in [3.8, 4) is 0 Å². The number of rotatable bonds is 3. The predicted molar refractivity (Wildman–Crippen MR) is 64.3 cm³/mol.